The Labute approximate surface area is 173 Å². The maximum Gasteiger partial charge on any atom is 0.321 e. The molecule has 0 aromatic rings. The highest BCUT2D eigenvalue weighted by Gasteiger charge is 2.21. The van der Waals surface area contributed by atoms with Crippen molar-refractivity contribution in [2.24, 2.45) is 0 Å². The molecule has 0 saturated carbocycles. The number of carboxylic acids is 1. The number of ether oxygens (including phenoxy) is 1. The van der Waals surface area contributed by atoms with Crippen molar-refractivity contribution in [2.75, 3.05) is 13.2 Å². The maximum absolute atomic E-state index is 11.9. The minimum absolute atomic E-state index is 0.0944. The molecule has 0 aliphatic carbocycles. The normalized spacial score (nSPS) is 12.1. The molecule has 0 aromatic carbocycles. The van der Waals surface area contributed by atoms with Crippen LogP contribution in [-0.4, -0.2) is 36.2 Å². The number of rotatable bonds is 21. The summed E-state index contributed by atoms with van der Waals surface area (Å²) in [5, 5.41) is 12.3. The summed E-state index contributed by atoms with van der Waals surface area (Å²) in [6, 6.07) is -0.842. The predicted molar refractivity (Wildman–Crippen MR) is 116 cm³/mol. The molecule has 0 aromatic heterocycles. The quantitative estimate of drug-likeness (QED) is 0.187. The number of aliphatic carboxylic acids is 1. The van der Waals surface area contributed by atoms with E-state index in [1.54, 1.807) is 0 Å². The topological polar surface area (TPSA) is 75.6 Å². The first-order valence-electron chi connectivity index (χ1n) is 11.7. The molecule has 0 amide bonds. The second kappa shape index (κ2) is 20.6. The zero-order valence-electron chi connectivity index (χ0n) is 18.5. The first kappa shape index (κ1) is 26.9. The third-order valence-electron chi connectivity index (χ3n) is 5.10. The fraction of sp³-hybridized carbons (Fsp3) is 0.913. The minimum atomic E-state index is -0.980. The molecular formula is C23H45NO4. The van der Waals surface area contributed by atoms with Crippen LogP contribution >= 0.6 is 0 Å². The fourth-order valence-electron chi connectivity index (χ4n) is 3.25. The average molecular weight is 400 g/mol. The van der Waals surface area contributed by atoms with Gasteiger partial charge in [0.05, 0.1) is 13.0 Å². The summed E-state index contributed by atoms with van der Waals surface area (Å²) < 4.78 is 5.21. The molecular weight excluding hydrogens is 354 g/mol. The Balaban J connectivity index is 3.66. The molecule has 0 spiro atoms. The van der Waals surface area contributed by atoms with Gasteiger partial charge in [0, 0.05) is 0 Å². The van der Waals surface area contributed by atoms with Gasteiger partial charge in [-0.2, -0.15) is 0 Å². The number of nitrogens with one attached hydrogen (secondary N) is 1. The molecule has 0 rings (SSSR count). The Morgan fingerprint density at radius 2 is 1.21 bits per heavy atom. The van der Waals surface area contributed by atoms with Gasteiger partial charge >= 0.3 is 11.9 Å². The van der Waals surface area contributed by atoms with Crippen molar-refractivity contribution in [3.05, 3.63) is 0 Å². The molecule has 166 valence electrons. The van der Waals surface area contributed by atoms with Gasteiger partial charge in [-0.1, -0.05) is 97.3 Å². The molecule has 5 nitrogen and oxygen atoms in total. The van der Waals surface area contributed by atoms with E-state index in [2.05, 4.69) is 19.2 Å². The molecule has 0 radical (unpaired) electrons. The largest absolute Gasteiger partial charge is 0.480 e. The number of hydrogen-bond donors (Lipinski definition) is 2. The summed E-state index contributed by atoms with van der Waals surface area (Å²) in [7, 11) is 0. The van der Waals surface area contributed by atoms with E-state index in [9.17, 15) is 14.7 Å². The smallest absolute Gasteiger partial charge is 0.321 e. The second-order valence-electron chi connectivity index (χ2n) is 7.87. The molecule has 0 fully saturated rings. The average Bonchev–Trinajstić information content (AvgIpc) is 2.67. The van der Waals surface area contributed by atoms with E-state index in [1.807, 2.05) is 0 Å². The van der Waals surface area contributed by atoms with Gasteiger partial charge in [-0.3, -0.25) is 9.59 Å². The van der Waals surface area contributed by atoms with E-state index in [0.29, 0.717) is 13.2 Å². The lowest BCUT2D eigenvalue weighted by molar-refractivity contribution is -0.149. The van der Waals surface area contributed by atoms with Crippen molar-refractivity contribution in [1.82, 2.24) is 5.32 Å². The van der Waals surface area contributed by atoms with E-state index in [1.165, 1.54) is 70.6 Å². The van der Waals surface area contributed by atoms with E-state index < -0.39 is 18.0 Å². The molecule has 1 unspecified atom stereocenters. The molecule has 5 heteroatoms. The third kappa shape index (κ3) is 18.3. The molecule has 28 heavy (non-hydrogen) atoms. The van der Waals surface area contributed by atoms with Crippen molar-refractivity contribution in [1.29, 1.82) is 0 Å². The summed E-state index contributed by atoms with van der Waals surface area (Å²) >= 11 is 0. The van der Waals surface area contributed by atoms with Crippen molar-refractivity contribution >= 4 is 11.9 Å². The zero-order chi connectivity index (χ0) is 20.9. The Morgan fingerprint density at radius 1 is 0.750 bits per heavy atom. The SMILES string of the molecule is CCCCCCCCCCOC(=O)CC(NCCCCCCCCC)C(=O)O. The molecule has 0 heterocycles. The summed E-state index contributed by atoms with van der Waals surface area (Å²) in [5.41, 5.74) is 0. The van der Waals surface area contributed by atoms with Gasteiger partial charge in [-0.15, -0.1) is 0 Å². The number of hydrogen-bond acceptors (Lipinski definition) is 4. The Hall–Kier alpha value is -1.10. The van der Waals surface area contributed by atoms with Crippen LogP contribution in [0.4, 0.5) is 0 Å². The van der Waals surface area contributed by atoms with Crippen LogP contribution in [0.25, 0.3) is 0 Å². The Morgan fingerprint density at radius 3 is 1.71 bits per heavy atom. The summed E-state index contributed by atoms with van der Waals surface area (Å²) in [5.74, 6) is -1.39. The number of unbranched alkanes of at least 4 members (excludes halogenated alkanes) is 13. The summed E-state index contributed by atoms with van der Waals surface area (Å²) in [4.78, 5) is 23.2. The van der Waals surface area contributed by atoms with E-state index >= 15 is 0 Å². The standard InChI is InChI=1S/C23H45NO4/c1-3-5-7-9-11-13-15-17-19-28-22(25)20-21(23(26)27)24-18-16-14-12-10-8-6-4-2/h21,24H,3-20H2,1-2H3,(H,26,27). The molecule has 0 aliphatic rings. The highest BCUT2D eigenvalue weighted by molar-refractivity contribution is 5.81. The molecule has 0 saturated heterocycles. The Kier molecular flexibility index (Phi) is 19.8. The molecule has 1 atom stereocenters. The molecule has 2 N–H and O–H groups in total. The van der Waals surface area contributed by atoms with Crippen LogP contribution in [0.1, 0.15) is 117 Å². The van der Waals surface area contributed by atoms with Gasteiger partial charge < -0.3 is 15.2 Å². The van der Waals surface area contributed by atoms with Gasteiger partial charge in [-0.05, 0) is 19.4 Å². The second-order valence-corrected chi connectivity index (χ2v) is 7.87. The summed E-state index contributed by atoms with van der Waals surface area (Å²) in [6.07, 6.45) is 17.8. The highest BCUT2D eigenvalue weighted by Crippen LogP contribution is 2.09. The summed E-state index contributed by atoms with van der Waals surface area (Å²) in [6.45, 7) is 5.46. The predicted octanol–water partition coefficient (Wildman–Crippen LogP) is 5.85. The first-order valence-corrected chi connectivity index (χ1v) is 11.7. The van der Waals surface area contributed by atoms with Crippen molar-refractivity contribution in [2.45, 2.75) is 123 Å². The van der Waals surface area contributed by atoms with Gasteiger partial charge in [0.1, 0.15) is 6.04 Å². The number of esters is 1. The van der Waals surface area contributed by atoms with Crippen molar-refractivity contribution in [3.63, 3.8) is 0 Å². The lowest BCUT2D eigenvalue weighted by Crippen LogP contribution is -2.39. The van der Waals surface area contributed by atoms with Crippen LogP contribution in [0.2, 0.25) is 0 Å². The van der Waals surface area contributed by atoms with Crippen LogP contribution in [0.15, 0.2) is 0 Å². The van der Waals surface area contributed by atoms with Crippen molar-refractivity contribution in [3.8, 4) is 0 Å². The number of carbonyl (C=O) groups excluding carboxylic acids is 1. The van der Waals surface area contributed by atoms with Crippen LogP contribution in [-0.2, 0) is 14.3 Å². The van der Waals surface area contributed by atoms with E-state index in [-0.39, 0.29) is 6.42 Å². The lowest BCUT2D eigenvalue weighted by Gasteiger charge is -2.14. The van der Waals surface area contributed by atoms with Gasteiger partial charge in [-0.25, -0.2) is 0 Å². The number of carboxylic acid groups (broad SMARTS) is 1. The highest BCUT2D eigenvalue weighted by atomic mass is 16.5. The third-order valence-corrected chi connectivity index (χ3v) is 5.10. The van der Waals surface area contributed by atoms with E-state index in [0.717, 1.165) is 25.7 Å². The van der Waals surface area contributed by atoms with Crippen LogP contribution < -0.4 is 5.32 Å². The minimum Gasteiger partial charge on any atom is -0.480 e. The zero-order valence-corrected chi connectivity index (χ0v) is 18.5. The van der Waals surface area contributed by atoms with Crippen LogP contribution in [0, 0.1) is 0 Å². The van der Waals surface area contributed by atoms with Gasteiger partial charge in [0.2, 0.25) is 0 Å². The maximum atomic E-state index is 11.9. The van der Waals surface area contributed by atoms with Crippen LogP contribution in [0.3, 0.4) is 0 Å². The lowest BCUT2D eigenvalue weighted by atomic mass is 10.1. The monoisotopic (exact) mass is 399 g/mol. The molecule has 0 aliphatic heterocycles. The molecule has 0 bridgehead atoms. The van der Waals surface area contributed by atoms with Crippen molar-refractivity contribution < 1.29 is 19.4 Å². The Bertz CT molecular complexity index is 374. The van der Waals surface area contributed by atoms with Gasteiger partial charge in [0.15, 0.2) is 0 Å². The first-order chi connectivity index (χ1) is 13.6. The van der Waals surface area contributed by atoms with E-state index in [4.69, 9.17) is 4.74 Å². The number of carbonyl (C=O) groups is 2. The fourth-order valence-corrected chi connectivity index (χ4v) is 3.25. The van der Waals surface area contributed by atoms with Crippen LogP contribution in [0.5, 0.6) is 0 Å². The van der Waals surface area contributed by atoms with Gasteiger partial charge in [0.25, 0.3) is 0 Å².